The zero-order valence-corrected chi connectivity index (χ0v) is 9.00. The summed E-state index contributed by atoms with van der Waals surface area (Å²) >= 11 is 5.23. The maximum atomic E-state index is 5.80. The van der Waals surface area contributed by atoms with Crippen molar-refractivity contribution in [2.75, 3.05) is 5.73 Å². The summed E-state index contributed by atoms with van der Waals surface area (Å²) in [6.45, 7) is 2.08. The zero-order chi connectivity index (χ0) is 8.72. The number of anilines is 1. The number of hydrogen-bond donors (Lipinski definition) is 1. The molecule has 0 saturated heterocycles. The van der Waals surface area contributed by atoms with Gasteiger partial charge in [0, 0.05) is 20.2 Å². The summed E-state index contributed by atoms with van der Waals surface area (Å²) in [5.74, 6) is 0. The van der Waals surface area contributed by atoms with Crippen LogP contribution in [-0.4, -0.2) is 0 Å². The normalized spacial score (nSPS) is 10.8. The maximum Gasteiger partial charge on any atom is 0.0491 e. The van der Waals surface area contributed by atoms with Gasteiger partial charge >= 0.3 is 0 Å². The maximum absolute atomic E-state index is 5.80. The standard InChI is InChI=1S/C9H8BrNS/c1-5-4-7(11)8(10)6-2-3-12-9(5)6/h2-4H,11H2,1H3. The second kappa shape index (κ2) is 2.75. The lowest BCUT2D eigenvalue weighted by Gasteiger charge is -2.02. The SMILES string of the molecule is Cc1cc(N)c(Br)c2ccsc12. The molecule has 1 aromatic carbocycles. The number of hydrogen-bond acceptors (Lipinski definition) is 2. The van der Waals surface area contributed by atoms with Gasteiger partial charge in [-0.05, 0) is 45.9 Å². The summed E-state index contributed by atoms with van der Waals surface area (Å²) in [6, 6.07) is 4.09. The van der Waals surface area contributed by atoms with Crippen LogP contribution in [0.5, 0.6) is 0 Å². The number of nitrogens with two attached hydrogens (primary N) is 1. The Balaban J connectivity index is 2.97. The lowest BCUT2D eigenvalue weighted by molar-refractivity contribution is 1.54. The van der Waals surface area contributed by atoms with Crippen molar-refractivity contribution < 1.29 is 0 Å². The summed E-state index contributed by atoms with van der Waals surface area (Å²) < 4.78 is 2.33. The molecule has 2 aromatic rings. The largest absolute Gasteiger partial charge is 0.398 e. The van der Waals surface area contributed by atoms with Gasteiger partial charge in [-0.15, -0.1) is 11.3 Å². The molecule has 0 aliphatic heterocycles. The second-order valence-corrected chi connectivity index (χ2v) is 4.47. The molecule has 0 radical (unpaired) electrons. The topological polar surface area (TPSA) is 26.0 Å². The van der Waals surface area contributed by atoms with Crippen LogP contribution in [0.15, 0.2) is 22.0 Å². The van der Waals surface area contributed by atoms with E-state index >= 15 is 0 Å². The molecule has 2 rings (SSSR count). The molecule has 0 atom stereocenters. The third-order valence-corrected chi connectivity index (χ3v) is 3.82. The molecule has 0 bridgehead atoms. The van der Waals surface area contributed by atoms with Gasteiger partial charge in [0.15, 0.2) is 0 Å². The van der Waals surface area contributed by atoms with Crippen LogP contribution in [0.1, 0.15) is 5.56 Å². The van der Waals surface area contributed by atoms with E-state index in [1.54, 1.807) is 11.3 Å². The van der Waals surface area contributed by atoms with Crippen LogP contribution in [-0.2, 0) is 0 Å². The summed E-state index contributed by atoms with van der Waals surface area (Å²) in [5, 5.41) is 3.31. The first kappa shape index (κ1) is 8.08. The number of nitrogen functional groups attached to an aromatic ring is 1. The highest BCUT2D eigenvalue weighted by atomic mass is 79.9. The quantitative estimate of drug-likeness (QED) is 0.702. The van der Waals surface area contributed by atoms with Crippen LogP contribution in [0.4, 0.5) is 5.69 Å². The molecule has 3 heteroatoms. The molecule has 0 aliphatic rings. The van der Waals surface area contributed by atoms with Gasteiger partial charge in [0.25, 0.3) is 0 Å². The van der Waals surface area contributed by atoms with Crippen LogP contribution in [0, 0.1) is 6.92 Å². The van der Waals surface area contributed by atoms with E-state index in [2.05, 4.69) is 34.3 Å². The van der Waals surface area contributed by atoms with Crippen molar-refractivity contribution in [3.05, 3.63) is 27.5 Å². The van der Waals surface area contributed by atoms with Crippen molar-refractivity contribution in [3.63, 3.8) is 0 Å². The first-order chi connectivity index (χ1) is 5.70. The summed E-state index contributed by atoms with van der Waals surface area (Å²) in [7, 11) is 0. The fourth-order valence-corrected chi connectivity index (χ4v) is 2.76. The Bertz CT molecular complexity index is 433. The Morgan fingerprint density at radius 3 is 3.00 bits per heavy atom. The molecule has 1 heterocycles. The minimum Gasteiger partial charge on any atom is -0.398 e. The monoisotopic (exact) mass is 241 g/mol. The van der Waals surface area contributed by atoms with Crippen molar-refractivity contribution in [3.8, 4) is 0 Å². The molecule has 0 amide bonds. The van der Waals surface area contributed by atoms with Crippen molar-refractivity contribution in [2.24, 2.45) is 0 Å². The number of halogens is 1. The smallest absolute Gasteiger partial charge is 0.0491 e. The molecular formula is C9H8BrNS. The van der Waals surface area contributed by atoms with Crippen LogP contribution < -0.4 is 5.73 Å². The van der Waals surface area contributed by atoms with Gasteiger partial charge in [-0.3, -0.25) is 0 Å². The third-order valence-electron chi connectivity index (χ3n) is 1.89. The molecule has 12 heavy (non-hydrogen) atoms. The molecule has 0 fully saturated rings. The highest BCUT2D eigenvalue weighted by Gasteiger charge is 2.05. The lowest BCUT2D eigenvalue weighted by atomic mass is 10.1. The van der Waals surface area contributed by atoms with Crippen molar-refractivity contribution >= 4 is 43.0 Å². The van der Waals surface area contributed by atoms with Gasteiger partial charge in [0.05, 0.1) is 0 Å². The van der Waals surface area contributed by atoms with E-state index in [0.717, 1.165) is 10.2 Å². The minimum absolute atomic E-state index is 0.818. The third kappa shape index (κ3) is 1.04. The predicted molar refractivity (Wildman–Crippen MR) is 58.7 cm³/mol. The molecule has 1 nitrogen and oxygen atoms in total. The predicted octanol–water partition coefficient (Wildman–Crippen LogP) is 3.55. The van der Waals surface area contributed by atoms with Crippen LogP contribution in [0.2, 0.25) is 0 Å². The lowest BCUT2D eigenvalue weighted by Crippen LogP contribution is -1.87. The highest BCUT2D eigenvalue weighted by Crippen LogP contribution is 2.35. The van der Waals surface area contributed by atoms with Gasteiger partial charge in [0.2, 0.25) is 0 Å². The molecule has 1 aromatic heterocycles. The van der Waals surface area contributed by atoms with E-state index in [9.17, 15) is 0 Å². The Morgan fingerprint density at radius 2 is 2.25 bits per heavy atom. The number of thiophene rings is 1. The fraction of sp³-hybridized carbons (Fsp3) is 0.111. The van der Waals surface area contributed by atoms with Crippen molar-refractivity contribution in [2.45, 2.75) is 6.92 Å². The Kier molecular flexibility index (Phi) is 1.85. The van der Waals surface area contributed by atoms with E-state index in [1.165, 1.54) is 15.6 Å². The first-order valence-electron chi connectivity index (χ1n) is 3.62. The van der Waals surface area contributed by atoms with Crippen molar-refractivity contribution in [1.29, 1.82) is 0 Å². The zero-order valence-electron chi connectivity index (χ0n) is 6.60. The van der Waals surface area contributed by atoms with E-state index < -0.39 is 0 Å². The summed E-state index contributed by atoms with van der Waals surface area (Å²) in [6.07, 6.45) is 0. The molecule has 2 N–H and O–H groups in total. The van der Waals surface area contributed by atoms with E-state index in [-0.39, 0.29) is 0 Å². The van der Waals surface area contributed by atoms with Crippen LogP contribution in [0.25, 0.3) is 10.1 Å². The highest BCUT2D eigenvalue weighted by molar-refractivity contribution is 9.10. The molecule has 62 valence electrons. The van der Waals surface area contributed by atoms with Gasteiger partial charge < -0.3 is 5.73 Å². The average Bonchev–Trinajstić information content (AvgIpc) is 2.48. The molecular weight excluding hydrogens is 234 g/mol. The molecule has 0 spiro atoms. The summed E-state index contributed by atoms with van der Waals surface area (Å²) in [4.78, 5) is 0. The van der Waals surface area contributed by atoms with Gasteiger partial charge in [0.1, 0.15) is 0 Å². The fourth-order valence-electron chi connectivity index (χ4n) is 1.31. The summed E-state index contributed by atoms with van der Waals surface area (Å²) in [5.41, 5.74) is 7.87. The molecule has 0 saturated carbocycles. The first-order valence-corrected chi connectivity index (χ1v) is 5.29. The van der Waals surface area contributed by atoms with Crippen molar-refractivity contribution in [1.82, 2.24) is 0 Å². The Morgan fingerprint density at radius 1 is 1.50 bits per heavy atom. The number of rotatable bonds is 0. The number of aryl methyl sites for hydroxylation is 1. The van der Waals surface area contributed by atoms with E-state index in [4.69, 9.17) is 5.73 Å². The molecule has 0 unspecified atom stereocenters. The molecule has 0 aliphatic carbocycles. The van der Waals surface area contributed by atoms with Gasteiger partial charge in [-0.2, -0.15) is 0 Å². The van der Waals surface area contributed by atoms with Crippen LogP contribution >= 0.6 is 27.3 Å². The van der Waals surface area contributed by atoms with E-state index in [0.29, 0.717) is 0 Å². The van der Waals surface area contributed by atoms with E-state index in [1.807, 2.05) is 6.07 Å². The Hall–Kier alpha value is -0.540. The average molecular weight is 242 g/mol. The van der Waals surface area contributed by atoms with Gasteiger partial charge in [-0.25, -0.2) is 0 Å². The second-order valence-electron chi connectivity index (χ2n) is 2.76. The minimum atomic E-state index is 0.818. The van der Waals surface area contributed by atoms with Gasteiger partial charge in [-0.1, -0.05) is 0 Å². The number of benzene rings is 1. The van der Waals surface area contributed by atoms with Crippen LogP contribution in [0.3, 0.4) is 0 Å². The number of fused-ring (bicyclic) bond motifs is 1. The Labute approximate surface area is 83.3 Å².